The smallest absolute Gasteiger partial charge is 0.324 e. The SMILES string of the molecule is Cc1cc(NC(=O)N2CCC(n3c(=O)[nH]c4ncccc43)CC2)c(=O)n(CC(F)(F)F)c1. The number of aryl methyl sites for hydroxylation is 1. The summed E-state index contributed by atoms with van der Waals surface area (Å²) < 4.78 is 40.4. The van der Waals surface area contributed by atoms with Crippen LogP contribution in [-0.2, 0) is 6.54 Å². The Kier molecular flexibility index (Phi) is 5.53. The molecule has 4 heterocycles. The quantitative estimate of drug-likeness (QED) is 0.640. The summed E-state index contributed by atoms with van der Waals surface area (Å²) in [4.78, 5) is 45.7. The number of hydrogen-bond donors (Lipinski definition) is 2. The van der Waals surface area contributed by atoms with Crippen LogP contribution in [-0.4, -0.2) is 49.3 Å². The van der Waals surface area contributed by atoms with E-state index >= 15 is 0 Å². The lowest BCUT2D eigenvalue weighted by Gasteiger charge is -2.32. The van der Waals surface area contributed by atoms with Crippen LogP contribution in [0.25, 0.3) is 11.2 Å². The normalized spacial score (nSPS) is 15.3. The van der Waals surface area contributed by atoms with Gasteiger partial charge in [-0.3, -0.25) is 14.3 Å². The zero-order chi connectivity index (χ0) is 23.0. The Balaban J connectivity index is 1.46. The van der Waals surface area contributed by atoms with Gasteiger partial charge in [-0.15, -0.1) is 0 Å². The molecule has 3 aromatic heterocycles. The molecule has 9 nitrogen and oxygen atoms in total. The van der Waals surface area contributed by atoms with E-state index in [1.807, 2.05) is 0 Å². The van der Waals surface area contributed by atoms with Gasteiger partial charge in [0.25, 0.3) is 5.56 Å². The molecule has 1 saturated heterocycles. The minimum absolute atomic E-state index is 0.132. The summed E-state index contributed by atoms with van der Waals surface area (Å²) in [6.07, 6.45) is -0.867. The van der Waals surface area contributed by atoms with Crippen LogP contribution >= 0.6 is 0 Å². The number of rotatable bonds is 3. The predicted octanol–water partition coefficient (Wildman–Crippen LogP) is 2.63. The van der Waals surface area contributed by atoms with Gasteiger partial charge < -0.3 is 14.8 Å². The minimum Gasteiger partial charge on any atom is -0.324 e. The monoisotopic (exact) mass is 450 g/mol. The van der Waals surface area contributed by atoms with Gasteiger partial charge in [-0.25, -0.2) is 14.6 Å². The Bertz CT molecular complexity index is 1270. The number of aromatic nitrogens is 4. The van der Waals surface area contributed by atoms with Gasteiger partial charge in [0.1, 0.15) is 12.2 Å². The molecule has 4 rings (SSSR count). The Morgan fingerprint density at radius 1 is 1.28 bits per heavy atom. The van der Waals surface area contributed by atoms with Crippen LogP contribution in [0.1, 0.15) is 24.4 Å². The number of alkyl halides is 3. The van der Waals surface area contributed by atoms with Crippen molar-refractivity contribution in [1.29, 1.82) is 0 Å². The first-order chi connectivity index (χ1) is 15.1. The number of urea groups is 1. The lowest BCUT2D eigenvalue weighted by molar-refractivity contribution is -0.141. The first-order valence-corrected chi connectivity index (χ1v) is 10.0. The molecular weight excluding hydrogens is 429 g/mol. The van der Waals surface area contributed by atoms with Crippen LogP contribution < -0.4 is 16.6 Å². The van der Waals surface area contributed by atoms with Crippen molar-refractivity contribution >= 4 is 22.9 Å². The maximum Gasteiger partial charge on any atom is 0.406 e. The first kappa shape index (κ1) is 21.7. The minimum atomic E-state index is -4.56. The number of carbonyl (C=O) groups excluding carboxylic acids is 1. The van der Waals surface area contributed by atoms with Crippen molar-refractivity contribution in [2.45, 2.75) is 38.5 Å². The van der Waals surface area contributed by atoms with Crippen LogP contribution in [0.3, 0.4) is 0 Å². The van der Waals surface area contributed by atoms with E-state index in [0.29, 0.717) is 47.2 Å². The first-order valence-electron chi connectivity index (χ1n) is 10.0. The number of imidazole rings is 1. The highest BCUT2D eigenvalue weighted by molar-refractivity contribution is 5.89. The number of nitrogens with zero attached hydrogens (tertiary/aromatic N) is 4. The molecular formula is C20H21F3N6O3. The molecule has 2 amide bonds. The number of hydrogen-bond acceptors (Lipinski definition) is 4. The number of halogens is 3. The number of pyridine rings is 2. The molecule has 0 saturated carbocycles. The average Bonchev–Trinajstić information content (AvgIpc) is 3.06. The van der Waals surface area contributed by atoms with Crippen LogP contribution in [0, 0.1) is 6.92 Å². The zero-order valence-electron chi connectivity index (χ0n) is 17.1. The lowest BCUT2D eigenvalue weighted by Crippen LogP contribution is -2.43. The number of nitrogens with one attached hydrogen (secondary N) is 2. The molecule has 0 radical (unpaired) electrons. The van der Waals surface area contributed by atoms with Gasteiger partial charge in [0, 0.05) is 31.5 Å². The Morgan fingerprint density at radius 2 is 2.00 bits per heavy atom. The number of aromatic amines is 1. The molecule has 32 heavy (non-hydrogen) atoms. The van der Waals surface area contributed by atoms with Gasteiger partial charge in [-0.1, -0.05) is 0 Å². The summed E-state index contributed by atoms with van der Waals surface area (Å²) in [5, 5.41) is 2.44. The summed E-state index contributed by atoms with van der Waals surface area (Å²) >= 11 is 0. The largest absolute Gasteiger partial charge is 0.406 e. The summed E-state index contributed by atoms with van der Waals surface area (Å²) in [6, 6.07) is 4.17. The summed E-state index contributed by atoms with van der Waals surface area (Å²) in [5.41, 5.74) is 0.189. The molecule has 0 spiro atoms. The van der Waals surface area contributed by atoms with Crippen molar-refractivity contribution in [3.8, 4) is 0 Å². The highest BCUT2D eigenvalue weighted by atomic mass is 19.4. The number of carbonyl (C=O) groups is 1. The van der Waals surface area contributed by atoms with E-state index in [0.717, 1.165) is 6.20 Å². The maximum atomic E-state index is 12.7. The third kappa shape index (κ3) is 4.39. The molecule has 12 heteroatoms. The Hall–Kier alpha value is -3.57. The van der Waals surface area contributed by atoms with E-state index in [2.05, 4.69) is 15.3 Å². The number of likely N-dealkylation sites (tertiary alicyclic amines) is 1. The number of piperidine rings is 1. The Labute approximate surface area is 179 Å². The highest BCUT2D eigenvalue weighted by Gasteiger charge is 2.30. The molecule has 0 aromatic carbocycles. The zero-order valence-corrected chi connectivity index (χ0v) is 17.1. The molecule has 1 aliphatic rings. The fourth-order valence-corrected chi connectivity index (χ4v) is 4.03. The van der Waals surface area contributed by atoms with E-state index < -0.39 is 24.3 Å². The molecule has 0 aliphatic carbocycles. The van der Waals surface area contributed by atoms with Gasteiger partial charge in [0.15, 0.2) is 5.65 Å². The van der Waals surface area contributed by atoms with Crippen LogP contribution in [0.4, 0.5) is 23.7 Å². The number of amides is 2. The van der Waals surface area contributed by atoms with Crippen molar-refractivity contribution in [2.24, 2.45) is 0 Å². The Morgan fingerprint density at radius 3 is 2.69 bits per heavy atom. The number of H-pyrrole nitrogens is 1. The van der Waals surface area contributed by atoms with E-state index in [9.17, 15) is 27.6 Å². The average molecular weight is 450 g/mol. The van der Waals surface area contributed by atoms with Crippen LogP contribution in [0.5, 0.6) is 0 Å². The van der Waals surface area contributed by atoms with Crippen molar-refractivity contribution in [3.05, 3.63) is 57.0 Å². The predicted molar refractivity (Wildman–Crippen MR) is 111 cm³/mol. The molecule has 0 atom stereocenters. The van der Waals surface area contributed by atoms with Gasteiger partial charge in [-0.05, 0) is 43.5 Å². The van der Waals surface area contributed by atoms with E-state index in [-0.39, 0.29) is 17.4 Å². The molecule has 1 aliphatic heterocycles. The van der Waals surface area contributed by atoms with Crippen molar-refractivity contribution in [1.82, 2.24) is 24.0 Å². The molecule has 0 unspecified atom stereocenters. The van der Waals surface area contributed by atoms with Gasteiger partial charge in [0.2, 0.25) is 0 Å². The van der Waals surface area contributed by atoms with Gasteiger partial charge in [0.05, 0.1) is 5.52 Å². The van der Waals surface area contributed by atoms with Crippen molar-refractivity contribution < 1.29 is 18.0 Å². The second-order valence-electron chi connectivity index (χ2n) is 7.80. The third-order valence-electron chi connectivity index (χ3n) is 5.42. The second kappa shape index (κ2) is 8.17. The van der Waals surface area contributed by atoms with Gasteiger partial charge in [-0.2, -0.15) is 13.2 Å². The van der Waals surface area contributed by atoms with E-state index in [1.165, 1.54) is 11.0 Å². The van der Waals surface area contributed by atoms with Gasteiger partial charge >= 0.3 is 17.9 Å². The topological polar surface area (TPSA) is 105 Å². The van der Waals surface area contributed by atoms with Crippen LogP contribution in [0.2, 0.25) is 0 Å². The molecule has 1 fully saturated rings. The third-order valence-corrected chi connectivity index (χ3v) is 5.42. The highest BCUT2D eigenvalue weighted by Crippen LogP contribution is 2.25. The molecule has 3 aromatic rings. The maximum absolute atomic E-state index is 12.7. The summed E-state index contributed by atoms with van der Waals surface area (Å²) in [6.45, 7) is 0.744. The second-order valence-corrected chi connectivity index (χ2v) is 7.80. The number of anilines is 1. The molecule has 170 valence electrons. The summed E-state index contributed by atoms with van der Waals surface area (Å²) in [7, 11) is 0. The number of fused-ring (bicyclic) bond motifs is 1. The molecule has 0 bridgehead atoms. The van der Waals surface area contributed by atoms with Crippen molar-refractivity contribution in [3.63, 3.8) is 0 Å². The van der Waals surface area contributed by atoms with Crippen LogP contribution in [0.15, 0.2) is 40.2 Å². The lowest BCUT2D eigenvalue weighted by atomic mass is 10.0. The summed E-state index contributed by atoms with van der Waals surface area (Å²) in [5.74, 6) is 0. The fraction of sp³-hybridized carbons (Fsp3) is 0.400. The van der Waals surface area contributed by atoms with E-state index in [4.69, 9.17) is 0 Å². The van der Waals surface area contributed by atoms with E-state index in [1.54, 1.807) is 29.8 Å². The fourth-order valence-electron chi connectivity index (χ4n) is 4.03. The standard InChI is InChI=1S/C20H21F3N6O3/c1-12-9-14(17(30)28(10-12)11-20(21,22)23)25-18(31)27-7-4-13(5-8-27)29-15-3-2-6-24-16(15)26-19(29)32/h2-3,6,9-10,13H,4-5,7-8,11H2,1H3,(H,25,31)(H,24,26,32). The molecule has 2 N–H and O–H groups in total. The van der Waals surface area contributed by atoms with Crippen molar-refractivity contribution in [2.75, 3.05) is 18.4 Å².